The molecule has 0 aliphatic rings. The van der Waals surface area contributed by atoms with Crippen LogP contribution in [0.25, 0.3) is 27.7 Å². The Labute approximate surface area is 198 Å². The van der Waals surface area contributed by atoms with Crippen LogP contribution in [0.15, 0.2) is 54.6 Å². The van der Waals surface area contributed by atoms with Crippen LogP contribution in [-0.2, 0) is 10.0 Å². The van der Waals surface area contributed by atoms with Crippen LogP contribution < -0.4 is 4.72 Å². The maximum atomic E-state index is 14.7. The van der Waals surface area contributed by atoms with Gasteiger partial charge in [-0.25, -0.2) is 22.2 Å². The van der Waals surface area contributed by atoms with Crippen LogP contribution in [0.2, 0.25) is 10.2 Å². The van der Waals surface area contributed by atoms with Gasteiger partial charge in [-0.15, -0.1) is 0 Å². The van der Waals surface area contributed by atoms with Crippen LogP contribution >= 0.6 is 23.2 Å². The molecule has 0 aliphatic carbocycles. The fraction of sp³-hybridized carbons (Fsp3) is 0.0455. The quantitative estimate of drug-likeness (QED) is 0.435. The van der Waals surface area contributed by atoms with Crippen molar-refractivity contribution in [2.24, 2.45) is 0 Å². The largest absolute Gasteiger partial charge is 0.268 e. The molecule has 0 spiro atoms. The molecule has 0 saturated heterocycles. The molecule has 0 aliphatic heterocycles. The van der Waals surface area contributed by atoms with Gasteiger partial charge in [-0.2, -0.15) is 10.4 Å². The van der Waals surface area contributed by atoms with Crippen molar-refractivity contribution < 1.29 is 17.6 Å². The topological polar surface area (TPSA) is 105 Å². The number of amides is 1. The van der Waals surface area contributed by atoms with Gasteiger partial charge in [0.05, 0.1) is 39.7 Å². The van der Waals surface area contributed by atoms with E-state index < -0.39 is 27.3 Å². The van der Waals surface area contributed by atoms with E-state index in [0.29, 0.717) is 16.5 Å². The predicted molar refractivity (Wildman–Crippen MR) is 124 cm³/mol. The van der Waals surface area contributed by atoms with Crippen molar-refractivity contribution >= 4 is 50.0 Å². The third-order valence-electron chi connectivity index (χ3n) is 4.77. The summed E-state index contributed by atoms with van der Waals surface area (Å²) in [6.07, 6.45) is 0.781. The summed E-state index contributed by atoms with van der Waals surface area (Å²) in [6.45, 7) is 0. The highest BCUT2D eigenvalue weighted by Crippen LogP contribution is 2.33. The summed E-state index contributed by atoms with van der Waals surface area (Å²) in [7, 11) is -3.88. The van der Waals surface area contributed by atoms with Crippen LogP contribution in [0.5, 0.6) is 0 Å². The van der Waals surface area contributed by atoms with E-state index in [4.69, 9.17) is 28.5 Å². The van der Waals surface area contributed by atoms with Crippen molar-refractivity contribution in [1.82, 2.24) is 14.5 Å². The van der Waals surface area contributed by atoms with Gasteiger partial charge in [-0.1, -0.05) is 41.4 Å². The van der Waals surface area contributed by atoms with E-state index in [2.05, 4.69) is 11.2 Å². The molecule has 7 nitrogen and oxygen atoms in total. The van der Waals surface area contributed by atoms with Crippen LogP contribution in [0, 0.1) is 17.1 Å². The molecule has 1 amide bonds. The highest BCUT2D eigenvalue weighted by Gasteiger charge is 2.21. The zero-order valence-corrected chi connectivity index (χ0v) is 19.1. The number of hydrogen-bond acceptors (Lipinski definition) is 5. The van der Waals surface area contributed by atoms with E-state index in [1.54, 1.807) is 29.0 Å². The number of aromatic nitrogens is 2. The van der Waals surface area contributed by atoms with E-state index in [-0.39, 0.29) is 15.9 Å². The normalized spacial score (nSPS) is 11.4. The molecule has 1 N–H and O–H groups in total. The summed E-state index contributed by atoms with van der Waals surface area (Å²) in [4.78, 5) is 12.1. The first-order chi connectivity index (χ1) is 15.6. The van der Waals surface area contributed by atoms with Crippen LogP contribution in [0.3, 0.4) is 0 Å². The van der Waals surface area contributed by atoms with Crippen molar-refractivity contribution in [1.29, 1.82) is 5.26 Å². The van der Waals surface area contributed by atoms with Crippen molar-refractivity contribution in [3.63, 3.8) is 0 Å². The van der Waals surface area contributed by atoms with Gasteiger partial charge < -0.3 is 0 Å². The lowest BCUT2D eigenvalue weighted by atomic mass is 10.0. The highest BCUT2D eigenvalue weighted by molar-refractivity contribution is 7.89. The number of nitriles is 1. The van der Waals surface area contributed by atoms with E-state index in [0.717, 1.165) is 29.5 Å². The van der Waals surface area contributed by atoms with E-state index in [1.165, 1.54) is 4.68 Å². The molecule has 0 bridgehead atoms. The Morgan fingerprint density at radius 3 is 2.39 bits per heavy atom. The molecule has 1 heterocycles. The van der Waals surface area contributed by atoms with Gasteiger partial charge in [0.1, 0.15) is 5.82 Å². The maximum Gasteiger partial charge on any atom is 0.267 e. The standard InChI is InChI=1S/C22H13Cl2FN4O3S/c1-33(31,32)28-22(30)15-9-17(23)20(10-18(15)25)29-19-7-6-14(8-16(19)21(24)27-29)13-4-2-12(11-26)3-5-13/h2-10H,1H3,(H,28,30). The smallest absolute Gasteiger partial charge is 0.267 e. The van der Waals surface area contributed by atoms with Gasteiger partial charge in [0.2, 0.25) is 10.0 Å². The molecule has 0 atom stereocenters. The number of benzene rings is 3. The number of rotatable bonds is 4. The Bertz CT molecular complexity index is 1580. The Morgan fingerprint density at radius 1 is 1.09 bits per heavy atom. The van der Waals surface area contributed by atoms with E-state index in [1.807, 2.05) is 18.2 Å². The lowest BCUT2D eigenvalue weighted by molar-refractivity contribution is 0.0978. The fourth-order valence-electron chi connectivity index (χ4n) is 3.28. The summed E-state index contributed by atoms with van der Waals surface area (Å²) in [5, 5.41) is 13.9. The molecule has 3 aromatic carbocycles. The summed E-state index contributed by atoms with van der Waals surface area (Å²) >= 11 is 12.6. The zero-order valence-electron chi connectivity index (χ0n) is 16.8. The number of fused-ring (bicyclic) bond motifs is 1. The molecule has 0 saturated carbocycles. The van der Waals surface area contributed by atoms with Gasteiger partial charge in [-0.05, 0) is 41.5 Å². The minimum atomic E-state index is -3.88. The number of hydrogen-bond donors (Lipinski definition) is 1. The third-order valence-corrected chi connectivity index (χ3v) is 5.91. The molecule has 4 aromatic rings. The zero-order chi connectivity index (χ0) is 23.9. The van der Waals surface area contributed by atoms with Gasteiger partial charge in [0.15, 0.2) is 5.15 Å². The molecule has 166 valence electrons. The van der Waals surface area contributed by atoms with Crippen molar-refractivity contribution in [2.75, 3.05) is 6.26 Å². The Kier molecular flexibility index (Phi) is 5.84. The molecule has 33 heavy (non-hydrogen) atoms. The van der Waals surface area contributed by atoms with Gasteiger partial charge in [0, 0.05) is 11.5 Å². The van der Waals surface area contributed by atoms with Gasteiger partial charge >= 0.3 is 0 Å². The molecule has 4 rings (SSSR count). The van der Waals surface area contributed by atoms with E-state index >= 15 is 0 Å². The fourth-order valence-corrected chi connectivity index (χ4v) is 4.20. The first-order valence-electron chi connectivity index (χ1n) is 9.28. The molecule has 1 aromatic heterocycles. The second-order valence-corrected chi connectivity index (χ2v) is 9.62. The number of halogens is 3. The summed E-state index contributed by atoms with van der Waals surface area (Å²) in [5.41, 5.74) is 2.36. The summed E-state index contributed by atoms with van der Waals surface area (Å²) in [5.74, 6) is -2.12. The number of carbonyl (C=O) groups excluding carboxylic acids is 1. The Morgan fingerprint density at radius 2 is 1.76 bits per heavy atom. The molecular formula is C22H13Cl2FN4O3S. The van der Waals surface area contributed by atoms with Crippen LogP contribution in [0.4, 0.5) is 4.39 Å². The second kappa shape index (κ2) is 8.48. The number of sulfonamides is 1. The molecular weight excluding hydrogens is 490 g/mol. The Balaban J connectivity index is 1.78. The molecule has 0 radical (unpaired) electrons. The molecule has 11 heteroatoms. The SMILES string of the molecule is CS(=O)(=O)NC(=O)c1cc(Cl)c(-n2nc(Cl)c3cc(-c4ccc(C#N)cc4)ccc32)cc1F. The molecule has 0 fully saturated rings. The average molecular weight is 503 g/mol. The number of nitrogens with one attached hydrogen (secondary N) is 1. The lowest BCUT2D eigenvalue weighted by Gasteiger charge is -2.10. The van der Waals surface area contributed by atoms with Crippen molar-refractivity contribution in [3.05, 3.63) is 81.7 Å². The number of carbonyl (C=O) groups is 1. The Hall–Kier alpha value is -3.45. The first-order valence-corrected chi connectivity index (χ1v) is 11.9. The predicted octanol–water partition coefficient (Wildman–Crippen LogP) is 4.70. The lowest BCUT2D eigenvalue weighted by Crippen LogP contribution is -2.30. The van der Waals surface area contributed by atoms with Crippen LogP contribution in [0.1, 0.15) is 15.9 Å². The molecule has 0 unspecified atom stereocenters. The van der Waals surface area contributed by atoms with Gasteiger partial charge in [0.25, 0.3) is 5.91 Å². The first kappa shape index (κ1) is 22.7. The van der Waals surface area contributed by atoms with Crippen LogP contribution in [-0.4, -0.2) is 30.4 Å². The van der Waals surface area contributed by atoms with Crippen molar-refractivity contribution in [3.8, 4) is 22.9 Å². The summed E-state index contributed by atoms with van der Waals surface area (Å²) in [6, 6.07) is 16.5. The highest BCUT2D eigenvalue weighted by atomic mass is 35.5. The maximum absolute atomic E-state index is 14.7. The second-order valence-electron chi connectivity index (χ2n) is 7.11. The minimum Gasteiger partial charge on any atom is -0.268 e. The van der Waals surface area contributed by atoms with E-state index in [9.17, 15) is 17.6 Å². The number of nitrogens with zero attached hydrogens (tertiary/aromatic N) is 3. The monoisotopic (exact) mass is 502 g/mol. The van der Waals surface area contributed by atoms with Crippen molar-refractivity contribution in [2.45, 2.75) is 0 Å². The third kappa shape index (κ3) is 4.54. The minimum absolute atomic E-state index is 0.0349. The summed E-state index contributed by atoms with van der Waals surface area (Å²) < 4.78 is 40.3. The van der Waals surface area contributed by atoms with Gasteiger partial charge in [-0.3, -0.25) is 4.79 Å². The average Bonchev–Trinajstić information content (AvgIpc) is 3.09.